The standard InChI is InChI=1S/C15H16BrClN2/c1-9-12(10-7-5-6-8-11(10)16)18-14(15(2,3)4)19-13(9)17/h5-8H,1-4H3. The van der Waals surface area contributed by atoms with Crippen molar-refractivity contribution >= 4 is 27.5 Å². The summed E-state index contributed by atoms with van der Waals surface area (Å²) in [6.45, 7) is 8.19. The van der Waals surface area contributed by atoms with Crippen LogP contribution in [0.1, 0.15) is 32.2 Å². The molecular formula is C15H16BrClN2. The molecule has 2 nitrogen and oxygen atoms in total. The molecule has 0 N–H and O–H groups in total. The molecule has 0 aliphatic heterocycles. The molecule has 19 heavy (non-hydrogen) atoms. The van der Waals surface area contributed by atoms with Crippen molar-refractivity contribution in [3.05, 3.63) is 45.3 Å². The van der Waals surface area contributed by atoms with Crippen LogP contribution in [0.5, 0.6) is 0 Å². The second-order valence-electron chi connectivity index (χ2n) is 5.54. The molecule has 0 bridgehead atoms. The van der Waals surface area contributed by atoms with Gasteiger partial charge in [0.15, 0.2) is 0 Å². The molecule has 0 radical (unpaired) electrons. The van der Waals surface area contributed by atoms with Crippen LogP contribution in [0.3, 0.4) is 0 Å². The van der Waals surface area contributed by atoms with Crippen LogP contribution in [0, 0.1) is 6.92 Å². The summed E-state index contributed by atoms with van der Waals surface area (Å²) >= 11 is 9.82. The van der Waals surface area contributed by atoms with Crippen LogP contribution in [0.4, 0.5) is 0 Å². The number of rotatable bonds is 1. The first kappa shape index (κ1) is 14.5. The second-order valence-corrected chi connectivity index (χ2v) is 6.75. The Labute approximate surface area is 127 Å². The van der Waals surface area contributed by atoms with Crippen LogP contribution in [0.25, 0.3) is 11.3 Å². The Balaban J connectivity index is 2.70. The van der Waals surface area contributed by atoms with E-state index in [2.05, 4.69) is 41.7 Å². The summed E-state index contributed by atoms with van der Waals surface area (Å²) in [4.78, 5) is 9.11. The summed E-state index contributed by atoms with van der Waals surface area (Å²) in [5, 5.41) is 0.519. The van der Waals surface area contributed by atoms with E-state index in [1.54, 1.807) is 0 Å². The van der Waals surface area contributed by atoms with E-state index in [0.717, 1.165) is 27.1 Å². The predicted octanol–water partition coefficient (Wildman–Crippen LogP) is 5.17. The Hall–Kier alpha value is -0.930. The molecule has 2 aromatic rings. The van der Waals surface area contributed by atoms with Crippen molar-refractivity contribution in [1.82, 2.24) is 9.97 Å². The highest BCUT2D eigenvalue weighted by Gasteiger charge is 2.21. The second kappa shape index (κ2) is 5.22. The highest BCUT2D eigenvalue weighted by molar-refractivity contribution is 9.10. The predicted molar refractivity (Wildman–Crippen MR) is 83.6 cm³/mol. The monoisotopic (exact) mass is 338 g/mol. The van der Waals surface area contributed by atoms with Gasteiger partial charge < -0.3 is 0 Å². The fraction of sp³-hybridized carbons (Fsp3) is 0.333. The molecule has 0 spiro atoms. The summed E-state index contributed by atoms with van der Waals surface area (Å²) in [6.07, 6.45) is 0. The van der Waals surface area contributed by atoms with E-state index < -0.39 is 0 Å². The summed E-state index contributed by atoms with van der Waals surface area (Å²) in [5.41, 5.74) is 2.70. The molecule has 0 atom stereocenters. The molecule has 4 heteroatoms. The first-order valence-electron chi connectivity index (χ1n) is 6.10. The summed E-state index contributed by atoms with van der Waals surface area (Å²) in [5.74, 6) is 0.758. The number of halogens is 2. The first-order valence-corrected chi connectivity index (χ1v) is 7.27. The lowest BCUT2D eigenvalue weighted by Gasteiger charge is -2.19. The topological polar surface area (TPSA) is 25.8 Å². The smallest absolute Gasteiger partial charge is 0.136 e. The Bertz CT molecular complexity index is 618. The Morgan fingerprint density at radius 3 is 2.32 bits per heavy atom. The largest absolute Gasteiger partial charge is 0.232 e. The molecule has 0 saturated carbocycles. The Morgan fingerprint density at radius 2 is 1.74 bits per heavy atom. The Morgan fingerprint density at radius 1 is 1.11 bits per heavy atom. The van der Waals surface area contributed by atoms with E-state index in [9.17, 15) is 0 Å². The molecule has 0 saturated heterocycles. The lowest BCUT2D eigenvalue weighted by molar-refractivity contribution is 0.545. The van der Waals surface area contributed by atoms with Gasteiger partial charge in [0.1, 0.15) is 11.0 Å². The molecule has 1 aromatic heterocycles. The number of aromatic nitrogens is 2. The van der Waals surface area contributed by atoms with Gasteiger partial charge in [0, 0.05) is 21.0 Å². The van der Waals surface area contributed by atoms with Crippen molar-refractivity contribution in [3.63, 3.8) is 0 Å². The van der Waals surface area contributed by atoms with Gasteiger partial charge in [-0.3, -0.25) is 0 Å². The van der Waals surface area contributed by atoms with E-state index in [1.807, 2.05) is 31.2 Å². The van der Waals surface area contributed by atoms with Crippen LogP contribution in [-0.4, -0.2) is 9.97 Å². The van der Waals surface area contributed by atoms with Crippen molar-refractivity contribution in [2.45, 2.75) is 33.1 Å². The maximum Gasteiger partial charge on any atom is 0.136 e. The zero-order valence-corrected chi connectivity index (χ0v) is 13.8. The maximum atomic E-state index is 6.26. The fourth-order valence-corrected chi connectivity index (χ4v) is 2.38. The lowest BCUT2D eigenvalue weighted by atomic mass is 9.95. The fourth-order valence-electron chi connectivity index (χ4n) is 1.74. The lowest BCUT2D eigenvalue weighted by Crippen LogP contribution is -2.17. The van der Waals surface area contributed by atoms with E-state index in [0.29, 0.717) is 5.15 Å². The van der Waals surface area contributed by atoms with Crippen LogP contribution in [0.2, 0.25) is 5.15 Å². The molecule has 0 aliphatic rings. The average molecular weight is 340 g/mol. The van der Waals surface area contributed by atoms with Crippen LogP contribution in [-0.2, 0) is 5.41 Å². The van der Waals surface area contributed by atoms with Crippen molar-refractivity contribution in [3.8, 4) is 11.3 Å². The van der Waals surface area contributed by atoms with Gasteiger partial charge in [0.2, 0.25) is 0 Å². The Kier molecular flexibility index (Phi) is 3.98. The SMILES string of the molecule is Cc1c(Cl)nc(C(C)(C)C)nc1-c1ccccc1Br. The van der Waals surface area contributed by atoms with Crippen molar-refractivity contribution in [2.24, 2.45) is 0 Å². The van der Waals surface area contributed by atoms with Gasteiger partial charge in [0.25, 0.3) is 0 Å². The van der Waals surface area contributed by atoms with Gasteiger partial charge in [0.05, 0.1) is 5.69 Å². The van der Waals surface area contributed by atoms with Crippen LogP contribution in [0.15, 0.2) is 28.7 Å². The maximum absolute atomic E-state index is 6.26. The number of hydrogen-bond acceptors (Lipinski definition) is 2. The first-order chi connectivity index (χ1) is 8.80. The van der Waals surface area contributed by atoms with Gasteiger partial charge in [-0.1, -0.05) is 66.5 Å². The minimum absolute atomic E-state index is 0.132. The summed E-state index contributed by atoms with van der Waals surface area (Å²) < 4.78 is 1.01. The van der Waals surface area contributed by atoms with Gasteiger partial charge >= 0.3 is 0 Å². The highest BCUT2D eigenvalue weighted by atomic mass is 79.9. The third kappa shape index (κ3) is 2.98. The highest BCUT2D eigenvalue weighted by Crippen LogP contribution is 2.33. The molecule has 0 amide bonds. The van der Waals surface area contributed by atoms with E-state index in [-0.39, 0.29) is 5.41 Å². The molecular weight excluding hydrogens is 324 g/mol. The zero-order chi connectivity index (χ0) is 14.2. The van der Waals surface area contributed by atoms with Crippen LogP contribution < -0.4 is 0 Å². The molecule has 0 unspecified atom stereocenters. The summed E-state index contributed by atoms with van der Waals surface area (Å²) in [6, 6.07) is 8.01. The average Bonchev–Trinajstić information content (AvgIpc) is 2.32. The molecule has 0 fully saturated rings. The number of hydrogen-bond donors (Lipinski definition) is 0. The van der Waals surface area contributed by atoms with Crippen molar-refractivity contribution < 1.29 is 0 Å². The molecule has 1 heterocycles. The minimum Gasteiger partial charge on any atom is -0.232 e. The normalized spacial score (nSPS) is 11.7. The number of nitrogens with zero attached hydrogens (tertiary/aromatic N) is 2. The molecule has 0 aliphatic carbocycles. The molecule has 100 valence electrons. The third-order valence-corrected chi connectivity index (χ3v) is 3.95. The van der Waals surface area contributed by atoms with E-state index in [4.69, 9.17) is 16.6 Å². The van der Waals surface area contributed by atoms with Crippen molar-refractivity contribution in [2.75, 3.05) is 0 Å². The van der Waals surface area contributed by atoms with Gasteiger partial charge in [-0.25, -0.2) is 9.97 Å². The van der Waals surface area contributed by atoms with Gasteiger partial charge in [-0.15, -0.1) is 0 Å². The zero-order valence-electron chi connectivity index (χ0n) is 11.5. The van der Waals surface area contributed by atoms with Crippen LogP contribution >= 0.6 is 27.5 Å². The van der Waals surface area contributed by atoms with Gasteiger partial charge in [-0.05, 0) is 13.0 Å². The number of benzene rings is 1. The molecule has 1 aromatic carbocycles. The minimum atomic E-state index is -0.132. The quantitative estimate of drug-likeness (QED) is 0.670. The van der Waals surface area contributed by atoms with E-state index in [1.165, 1.54) is 0 Å². The summed E-state index contributed by atoms with van der Waals surface area (Å²) in [7, 11) is 0. The molecule has 2 rings (SSSR count). The third-order valence-electron chi connectivity index (χ3n) is 2.89. The van der Waals surface area contributed by atoms with Gasteiger partial charge in [-0.2, -0.15) is 0 Å². The van der Waals surface area contributed by atoms with E-state index >= 15 is 0 Å². The van der Waals surface area contributed by atoms with Crippen molar-refractivity contribution in [1.29, 1.82) is 0 Å².